The lowest BCUT2D eigenvalue weighted by Crippen LogP contribution is -2.33. The minimum absolute atomic E-state index is 0.0366. The Kier molecular flexibility index (Phi) is 4.96. The third-order valence-electron chi connectivity index (χ3n) is 2.51. The summed E-state index contributed by atoms with van der Waals surface area (Å²) in [6.45, 7) is 4.72. The standard InChI is InChI=1S/C12H19NO5S2/c1-10-4-6-11(7-5-10)20(16,17)18-8-12(2,3)9-19(13,14)15/h4-7H,8-9H2,1-3H3,(H2,13,14,15). The van der Waals surface area contributed by atoms with E-state index in [0.717, 1.165) is 5.56 Å². The van der Waals surface area contributed by atoms with Crippen LogP contribution in [0.25, 0.3) is 0 Å². The lowest BCUT2D eigenvalue weighted by atomic mass is 9.98. The number of sulfonamides is 1. The summed E-state index contributed by atoms with van der Waals surface area (Å²) in [6, 6.07) is 6.20. The van der Waals surface area contributed by atoms with Gasteiger partial charge in [0.25, 0.3) is 10.1 Å². The molecule has 0 amide bonds. The van der Waals surface area contributed by atoms with Gasteiger partial charge in [0.15, 0.2) is 0 Å². The molecule has 0 spiro atoms. The molecule has 0 saturated heterocycles. The summed E-state index contributed by atoms with van der Waals surface area (Å²) in [5.41, 5.74) is 0.0317. The van der Waals surface area contributed by atoms with Gasteiger partial charge in [-0.2, -0.15) is 8.42 Å². The van der Waals surface area contributed by atoms with Gasteiger partial charge in [-0.05, 0) is 19.1 Å². The van der Waals surface area contributed by atoms with E-state index < -0.39 is 25.6 Å². The fraction of sp³-hybridized carbons (Fsp3) is 0.500. The molecule has 114 valence electrons. The first-order valence-electron chi connectivity index (χ1n) is 5.88. The number of nitrogens with two attached hydrogens (primary N) is 1. The van der Waals surface area contributed by atoms with Crippen LogP contribution in [0.2, 0.25) is 0 Å². The van der Waals surface area contributed by atoms with Crippen LogP contribution >= 0.6 is 0 Å². The molecular formula is C12H19NO5S2. The van der Waals surface area contributed by atoms with Crippen LogP contribution in [-0.2, 0) is 24.3 Å². The van der Waals surface area contributed by atoms with Crippen LogP contribution in [0.5, 0.6) is 0 Å². The van der Waals surface area contributed by atoms with Gasteiger partial charge < -0.3 is 0 Å². The van der Waals surface area contributed by atoms with Crippen LogP contribution in [0.3, 0.4) is 0 Å². The van der Waals surface area contributed by atoms with Crippen LogP contribution in [-0.4, -0.2) is 29.2 Å². The zero-order valence-corrected chi connectivity index (χ0v) is 13.3. The van der Waals surface area contributed by atoms with Crippen molar-refractivity contribution in [2.75, 3.05) is 12.4 Å². The molecule has 1 rings (SSSR count). The van der Waals surface area contributed by atoms with Crippen LogP contribution in [0.1, 0.15) is 19.4 Å². The van der Waals surface area contributed by atoms with E-state index in [1.807, 2.05) is 6.92 Å². The Labute approximate surface area is 120 Å². The molecule has 0 aliphatic heterocycles. The van der Waals surface area contributed by atoms with E-state index in [2.05, 4.69) is 0 Å². The number of hydrogen-bond donors (Lipinski definition) is 1. The summed E-state index contributed by atoms with van der Waals surface area (Å²) in [7, 11) is -7.60. The van der Waals surface area contributed by atoms with Gasteiger partial charge in [-0.3, -0.25) is 4.18 Å². The van der Waals surface area contributed by atoms with Gasteiger partial charge in [0.2, 0.25) is 10.0 Å². The molecule has 0 unspecified atom stereocenters. The predicted molar refractivity (Wildman–Crippen MR) is 76.1 cm³/mol. The van der Waals surface area contributed by atoms with Gasteiger partial charge in [0, 0.05) is 5.41 Å². The monoisotopic (exact) mass is 321 g/mol. The molecule has 2 N–H and O–H groups in total. The van der Waals surface area contributed by atoms with Crippen molar-refractivity contribution < 1.29 is 21.0 Å². The summed E-state index contributed by atoms with van der Waals surface area (Å²) in [6.07, 6.45) is 0. The topological polar surface area (TPSA) is 104 Å². The van der Waals surface area contributed by atoms with Crippen LogP contribution in [0, 0.1) is 12.3 Å². The first-order valence-corrected chi connectivity index (χ1v) is 9.00. The van der Waals surface area contributed by atoms with Crippen molar-refractivity contribution >= 4 is 20.1 Å². The van der Waals surface area contributed by atoms with E-state index in [1.165, 1.54) is 12.1 Å². The minimum atomic E-state index is -3.90. The van der Waals surface area contributed by atoms with E-state index in [0.29, 0.717) is 0 Å². The third-order valence-corrected chi connectivity index (χ3v) is 4.97. The maximum absolute atomic E-state index is 12.0. The molecule has 0 radical (unpaired) electrons. The molecule has 0 bridgehead atoms. The summed E-state index contributed by atoms with van der Waals surface area (Å²) >= 11 is 0. The Morgan fingerprint density at radius 3 is 2.05 bits per heavy atom. The maximum Gasteiger partial charge on any atom is 0.296 e. The molecule has 0 heterocycles. The highest BCUT2D eigenvalue weighted by molar-refractivity contribution is 7.89. The van der Waals surface area contributed by atoms with E-state index in [-0.39, 0.29) is 17.3 Å². The lowest BCUT2D eigenvalue weighted by Gasteiger charge is -2.22. The predicted octanol–water partition coefficient (Wildman–Crippen LogP) is 1.02. The minimum Gasteiger partial charge on any atom is -0.266 e. The summed E-state index contributed by atoms with van der Waals surface area (Å²) in [5.74, 6) is -0.358. The molecule has 0 atom stereocenters. The molecule has 8 heteroatoms. The van der Waals surface area contributed by atoms with E-state index in [9.17, 15) is 16.8 Å². The molecule has 20 heavy (non-hydrogen) atoms. The quantitative estimate of drug-likeness (QED) is 0.788. The molecule has 0 aliphatic carbocycles. The molecular weight excluding hydrogens is 302 g/mol. The van der Waals surface area contributed by atoms with Gasteiger partial charge >= 0.3 is 0 Å². The van der Waals surface area contributed by atoms with E-state index in [4.69, 9.17) is 9.32 Å². The van der Waals surface area contributed by atoms with Crippen molar-refractivity contribution in [2.45, 2.75) is 25.7 Å². The lowest BCUT2D eigenvalue weighted by molar-refractivity contribution is 0.205. The SMILES string of the molecule is Cc1ccc(S(=O)(=O)OCC(C)(C)CS(N)(=O)=O)cc1. The summed E-state index contributed by atoms with van der Waals surface area (Å²) in [5, 5.41) is 4.96. The molecule has 0 fully saturated rings. The van der Waals surface area contributed by atoms with Gasteiger partial charge in [0.1, 0.15) is 0 Å². The highest BCUT2D eigenvalue weighted by Gasteiger charge is 2.27. The number of primary sulfonamides is 1. The average molecular weight is 321 g/mol. The van der Waals surface area contributed by atoms with Crippen LogP contribution in [0.15, 0.2) is 29.2 Å². The first-order chi connectivity index (χ1) is 8.91. The van der Waals surface area contributed by atoms with Gasteiger partial charge in [0.05, 0.1) is 17.3 Å². The highest BCUT2D eigenvalue weighted by Crippen LogP contribution is 2.21. The normalized spacial score (nSPS) is 13.4. The van der Waals surface area contributed by atoms with Crippen molar-refractivity contribution in [3.63, 3.8) is 0 Å². The average Bonchev–Trinajstić information content (AvgIpc) is 2.24. The van der Waals surface area contributed by atoms with Crippen molar-refractivity contribution in [3.8, 4) is 0 Å². The first kappa shape index (κ1) is 17.1. The molecule has 0 aliphatic rings. The van der Waals surface area contributed by atoms with Crippen molar-refractivity contribution in [2.24, 2.45) is 10.6 Å². The van der Waals surface area contributed by atoms with E-state index >= 15 is 0 Å². The molecule has 0 aromatic heterocycles. The molecule has 0 saturated carbocycles. The van der Waals surface area contributed by atoms with Crippen molar-refractivity contribution in [1.29, 1.82) is 0 Å². The maximum atomic E-state index is 12.0. The number of aryl methyl sites for hydroxylation is 1. The molecule has 6 nitrogen and oxygen atoms in total. The second-order valence-corrected chi connectivity index (χ2v) is 8.73. The summed E-state index contributed by atoms with van der Waals surface area (Å²) < 4.78 is 50.9. The van der Waals surface area contributed by atoms with E-state index in [1.54, 1.807) is 26.0 Å². The molecule has 1 aromatic rings. The van der Waals surface area contributed by atoms with Crippen molar-refractivity contribution in [3.05, 3.63) is 29.8 Å². The Balaban J connectivity index is 2.80. The van der Waals surface area contributed by atoms with Crippen LogP contribution in [0.4, 0.5) is 0 Å². The number of benzene rings is 1. The van der Waals surface area contributed by atoms with Crippen LogP contribution < -0.4 is 5.14 Å². The Hall–Kier alpha value is -0.960. The Bertz CT molecular complexity index is 660. The second kappa shape index (κ2) is 5.80. The number of rotatable bonds is 6. The zero-order valence-electron chi connectivity index (χ0n) is 11.7. The van der Waals surface area contributed by atoms with Gasteiger partial charge in [-0.15, -0.1) is 0 Å². The van der Waals surface area contributed by atoms with Gasteiger partial charge in [-0.25, -0.2) is 13.6 Å². The fourth-order valence-electron chi connectivity index (χ4n) is 1.60. The number of hydrogen-bond acceptors (Lipinski definition) is 5. The Morgan fingerprint density at radius 2 is 1.60 bits per heavy atom. The third kappa shape index (κ3) is 5.58. The van der Waals surface area contributed by atoms with Gasteiger partial charge in [-0.1, -0.05) is 31.5 Å². The Morgan fingerprint density at radius 1 is 1.10 bits per heavy atom. The highest BCUT2D eigenvalue weighted by atomic mass is 32.2. The second-order valence-electron chi connectivity index (χ2n) is 5.50. The zero-order chi connectivity index (χ0) is 15.6. The smallest absolute Gasteiger partial charge is 0.266 e. The fourth-order valence-corrected chi connectivity index (χ4v) is 3.85. The molecule has 1 aromatic carbocycles. The van der Waals surface area contributed by atoms with Crippen molar-refractivity contribution in [1.82, 2.24) is 0 Å². The summed E-state index contributed by atoms with van der Waals surface area (Å²) in [4.78, 5) is 0.0366. The largest absolute Gasteiger partial charge is 0.296 e.